The van der Waals surface area contributed by atoms with Crippen molar-refractivity contribution < 1.29 is 0 Å². The molecule has 0 aliphatic carbocycles. The molecular weight excluding hydrogens is 244 g/mol. The summed E-state index contributed by atoms with van der Waals surface area (Å²) >= 11 is 1.73. The number of aromatic nitrogens is 3. The normalized spacial score (nSPS) is 11.5. The Hall–Kier alpha value is -1.49. The zero-order chi connectivity index (χ0) is 13.0. The van der Waals surface area contributed by atoms with Crippen LogP contribution in [0.2, 0.25) is 0 Å². The van der Waals surface area contributed by atoms with Crippen molar-refractivity contribution in [3.8, 4) is 0 Å². The van der Waals surface area contributed by atoms with Gasteiger partial charge >= 0.3 is 0 Å². The van der Waals surface area contributed by atoms with Crippen LogP contribution in [0.15, 0.2) is 23.8 Å². The highest BCUT2D eigenvalue weighted by Crippen LogP contribution is 2.25. The molecular formula is C13H18N4S. The summed E-state index contributed by atoms with van der Waals surface area (Å²) in [7, 11) is 0. The third kappa shape index (κ3) is 3.50. The third-order valence-corrected chi connectivity index (χ3v) is 3.74. The standard InChI is InChI=1S/C13H18N4S/c1-13(2,3)11-17-10(9-18-11)5-8-16-12-14-6-4-7-15-12/h4,6-7,9H,5,8H2,1-3H3,(H,14,15,16). The average Bonchev–Trinajstić information content (AvgIpc) is 2.79. The first kappa shape index (κ1) is 13.0. The summed E-state index contributed by atoms with van der Waals surface area (Å²) in [6, 6.07) is 1.81. The van der Waals surface area contributed by atoms with E-state index in [1.165, 1.54) is 5.01 Å². The molecule has 4 nitrogen and oxygen atoms in total. The largest absolute Gasteiger partial charge is 0.354 e. The minimum absolute atomic E-state index is 0.138. The maximum Gasteiger partial charge on any atom is 0.222 e. The van der Waals surface area contributed by atoms with Crippen molar-refractivity contribution in [3.63, 3.8) is 0 Å². The SMILES string of the molecule is CC(C)(C)c1nc(CCNc2ncccn2)cs1. The zero-order valence-corrected chi connectivity index (χ0v) is 11.8. The Balaban J connectivity index is 1.86. The molecule has 0 bridgehead atoms. The highest BCUT2D eigenvalue weighted by atomic mass is 32.1. The minimum Gasteiger partial charge on any atom is -0.354 e. The predicted molar refractivity (Wildman–Crippen MR) is 75.0 cm³/mol. The summed E-state index contributed by atoms with van der Waals surface area (Å²) in [6.07, 6.45) is 4.36. The summed E-state index contributed by atoms with van der Waals surface area (Å²) in [4.78, 5) is 12.9. The Morgan fingerprint density at radius 3 is 2.56 bits per heavy atom. The Morgan fingerprint density at radius 2 is 1.94 bits per heavy atom. The van der Waals surface area contributed by atoms with E-state index < -0.39 is 0 Å². The van der Waals surface area contributed by atoms with Crippen molar-refractivity contribution in [1.82, 2.24) is 15.0 Å². The molecule has 2 aromatic heterocycles. The number of rotatable bonds is 4. The van der Waals surface area contributed by atoms with Crippen LogP contribution in [0.3, 0.4) is 0 Å². The number of hydrogen-bond donors (Lipinski definition) is 1. The van der Waals surface area contributed by atoms with Crippen LogP contribution < -0.4 is 5.32 Å². The highest BCUT2D eigenvalue weighted by Gasteiger charge is 2.17. The van der Waals surface area contributed by atoms with Crippen LogP contribution in [-0.2, 0) is 11.8 Å². The minimum atomic E-state index is 0.138. The molecule has 0 atom stereocenters. The first-order chi connectivity index (χ1) is 8.55. The molecule has 1 N–H and O–H groups in total. The Bertz CT molecular complexity index is 487. The van der Waals surface area contributed by atoms with Gasteiger partial charge in [-0.15, -0.1) is 11.3 Å². The number of hydrogen-bond acceptors (Lipinski definition) is 5. The molecule has 2 heterocycles. The fourth-order valence-corrected chi connectivity index (χ4v) is 2.40. The van der Waals surface area contributed by atoms with E-state index in [4.69, 9.17) is 0 Å². The van der Waals surface area contributed by atoms with Crippen molar-refractivity contribution in [2.75, 3.05) is 11.9 Å². The number of nitrogens with zero attached hydrogens (tertiary/aromatic N) is 3. The molecule has 0 saturated carbocycles. The van der Waals surface area contributed by atoms with E-state index in [9.17, 15) is 0 Å². The van der Waals surface area contributed by atoms with E-state index in [2.05, 4.69) is 46.4 Å². The first-order valence-corrected chi connectivity index (χ1v) is 6.89. The van der Waals surface area contributed by atoms with Crippen LogP contribution in [0, 0.1) is 0 Å². The molecule has 5 heteroatoms. The number of nitrogens with one attached hydrogen (secondary N) is 1. The second-order valence-electron chi connectivity index (χ2n) is 5.14. The van der Waals surface area contributed by atoms with Crippen LogP contribution in [-0.4, -0.2) is 21.5 Å². The van der Waals surface area contributed by atoms with E-state index >= 15 is 0 Å². The van der Waals surface area contributed by atoms with E-state index in [1.54, 1.807) is 29.8 Å². The maximum absolute atomic E-state index is 4.65. The smallest absolute Gasteiger partial charge is 0.222 e. The molecule has 2 rings (SSSR count). The molecule has 0 saturated heterocycles. The third-order valence-electron chi connectivity index (χ3n) is 2.42. The van der Waals surface area contributed by atoms with Gasteiger partial charge in [0, 0.05) is 36.2 Å². The van der Waals surface area contributed by atoms with E-state index in [0.29, 0.717) is 5.95 Å². The van der Waals surface area contributed by atoms with Crippen molar-refractivity contribution in [2.45, 2.75) is 32.6 Å². The average molecular weight is 262 g/mol. The van der Waals surface area contributed by atoms with Gasteiger partial charge < -0.3 is 5.32 Å². The predicted octanol–water partition coefficient (Wildman–Crippen LogP) is 2.89. The highest BCUT2D eigenvalue weighted by molar-refractivity contribution is 7.09. The lowest BCUT2D eigenvalue weighted by atomic mass is 9.98. The van der Waals surface area contributed by atoms with Crippen molar-refractivity contribution in [2.24, 2.45) is 0 Å². The van der Waals surface area contributed by atoms with Gasteiger partial charge in [0.25, 0.3) is 0 Å². The lowest BCUT2D eigenvalue weighted by Crippen LogP contribution is -2.11. The molecule has 18 heavy (non-hydrogen) atoms. The molecule has 0 unspecified atom stereocenters. The Labute approximate surface area is 112 Å². The summed E-state index contributed by atoms with van der Waals surface area (Å²) in [5.41, 5.74) is 1.27. The molecule has 0 aromatic carbocycles. The molecule has 96 valence electrons. The quantitative estimate of drug-likeness (QED) is 0.920. The second kappa shape index (κ2) is 5.44. The maximum atomic E-state index is 4.65. The molecule has 2 aromatic rings. The van der Waals surface area contributed by atoms with E-state index in [0.717, 1.165) is 18.7 Å². The van der Waals surface area contributed by atoms with Crippen molar-refractivity contribution >= 4 is 17.3 Å². The Kier molecular flexibility index (Phi) is 3.91. The summed E-state index contributed by atoms with van der Waals surface area (Å²) < 4.78 is 0. The number of anilines is 1. The monoisotopic (exact) mass is 262 g/mol. The summed E-state index contributed by atoms with van der Waals surface area (Å²) in [5.74, 6) is 0.670. The lowest BCUT2D eigenvalue weighted by molar-refractivity contribution is 0.583. The van der Waals surface area contributed by atoms with Crippen LogP contribution in [0.4, 0.5) is 5.95 Å². The summed E-state index contributed by atoms with van der Waals surface area (Å²) in [6.45, 7) is 7.36. The second-order valence-corrected chi connectivity index (χ2v) is 6.00. The van der Waals surface area contributed by atoms with Gasteiger partial charge in [-0.1, -0.05) is 20.8 Å². The van der Waals surface area contributed by atoms with Gasteiger partial charge in [-0.3, -0.25) is 0 Å². The van der Waals surface area contributed by atoms with Gasteiger partial charge in [-0.2, -0.15) is 0 Å². The lowest BCUT2D eigenvalue weighted by Gasteiger charge is -2.13. The van der Waals surface area contributed by atoms with Gasteiger partial charge in [-0.25, -0.2) is 15.0 Å². The first-order valence-electron chi connectivity index (χ1n) is 6.01. The van der Waals surface area contributed by atoms with E-state index in [1.807, 2.05) is 0 Å². The summed E-state index contributed by atoms with van der Waals surface area (Å²) in [5, 5.41) is 6.50. The van der Waals surface area contributed by atoms with Crippen LogP contribution >= 0.6 is 11.3 Å². The topological polar surface area (TPSA) is 50.7 Å². The van der Waals surface area contributed by atoms with E-state index in [-0.39, 0.29) is 5.41 Å². The Morgan fingerprint density at radius 1 is 1.22 bits per heavy atom. The molecule has 0 aliphatic heterocycles. The van der Waals surface area contributed by atoms with Crippen LogP contribution in [0.1, 0.15) is 31.5 Å². The van der Waals surface area contributed by atoms with Crippen LogP contribution in [0.5, 0.6) is 0 Å². The molecule has 0 amide bonds. The molecule has 0 radical (unpaired) electrons. The van der Waals surface area contributed by atoms with Crippen LogP contribution in [0.25, 0.3) is 0 Å². The van der Waals surface area contributed by atoms with Gasteiger partial charge in [0.2, 0.25) is 5.95 Å². The zero-order valence-electron chi connectivity index (χ0n) is 11.0. The molecule has 0 fully saturated rings. The van der Waals surface area contributed by atoms with Gasteiger partial charge in [-0.05, 0) is 6.07 Å². The van der Waals surface area contributed by atoms with Gasteiger partial charge in [0.1, 0.15) is 0 Å². The molecule has 0 aliphatic rings. The molecule has 0 spiro atoms. The van der Waals surface area contributed by atoms with Crippen molar-refractivity contribution in [1.29, 1.82) is 0 Å². The van der Waals surface area contributed by atoms with Crippen molar-refractivity contribution in [3.05, 3.63) is 34.5 Å². The fourth-order valence-electron chi connectivity index (χ4n) is 1.46. The fraction of sp³-hybridized carbons (Fsp3) is 0.462. The van der Waals surface area contributed by atoms with Gasteiger partial charge in [0.15, 0.2) is 0 Å². The number of thiazole rings is 1. The van der Waals surface area contributed by atoms with Gasteiger partial charge in [0.05, 0.1) is 10.7 Å².